The Labute approximate surface area is 127 Å². The number of rotatable bonds is 4. The molecule has 0 radical (unpaired) electrons. The lowest BCUT2D eigenvalue weighted by Crippen LogP contribution is -2.35. The Kier molecular flexibility index (Phi) is 4.26. The van der Waals surface area contributed by atoms with Crippen LogP contribution in [-0.2, 0) is 19.4 Å². The number of fused-ring (bicyclic) bond motifs is 1. The number of hydrogen-bond donors (Lipinski definition) is 1. The van der Waals surface area contributed by atoms with E-state index >= 15 is 0 Å². The summed E-state index contributed by atoms with van der Waals surface area (Å²) in [6.07, 6.45) is 2.26. The molecule has 0 bridgehead atoms. The van der Waals surface area contributed by atoms with E-state index in [1.54, 1.807) is 0 Å². The molecule has 0 amide bonds. The van der Waals surface area contributed by atoms with Crippen LogP contribution in [0.1, 0.15) is 23.6 Å². The Balaban J connectivity index is 1.76. The van der Waals surface area contributed by atoms with Crippen LogP contribution in [0.3, 0.4) is 0 Å². The number of anilines is 1. The lowest BCUT2D eigenvalue weighted by atomic mass is 9.93. The van der Waals surface area contributed by atoms with Gasteiger partial charge in [0, 0.05) is 25.3 Å². The van der Waals surface area contributed by atoms with Crippen molar-refractivity contribution in [3.8, 4) is 0 Å². The van der Waals surface area contributed by atoms with E-state index in [1.165, 1.54) is 28.8 Å². The third-order valence-corrected chi connectivity index (χ3v) is 4.42. The maximum Gasteiger partial charge on any atom is 0.0399 e. The fourth-order valence-corrected chi connectivity index (χ4v) is 3.37. The first-order valence-electron chi connectivity index (χ1n) is 7.87. The Morgan fingerprint density at radius 1 is 1.05 bits per heavy atom. The standard InChI is InChI=1S/C19H24N2/c1-15-12-17-7-4-5-9-19(17)21(14-15)11-10-16-6-2-3-8-18(16)13-20/h2-9,15H,10-14,20H2,1H3. The van der Waals surface area contributed by atoms with Crippen LogP contribution in [0, 0.1) is 5.92 Å². The Morgan fingerprint density at radius 3 is 2.57 bits per heavy atom. The summed E-state index contributed by atoms with van der Waals surface area (Å²) in [7, 11) is 0. The quantitative estimate of drug-likeness (QED) is 0.930. The monoisotopic (exact) mass is 280 g/mol. The lowest BCUT2D eigenvalue weighted by molar-refractivity contribution is 0.531. The molecule has 2 heteroatoms. The highest BCUT2D eigenvalue weighted by Gasteiger charge is 2.20. The molecule has 2 N–H and O–H groups in total. The topological polar surface area (TPSA) is 29.3 Å². The molecule has 0 fully saturated rings. The van der Waals surface area contributed by atoms with Crippen molar-refractivity contribution in [2.75, 3.05) is 18.0 Å². The summed E-state index contributed by atoms with van der Waals surface area (Å²) < 4.78 is 0. The van der Waals surface area contributed by atoms with E-state index in [2.05, 4.69) is 60.4 Å². The van der Waals surface area contributed by atoms with E-state index in [9.17, 15) is 0 Å². The third-order valence-electron chi connectivity index (χ3n) is 4.42. The van der Waals surface area contributed by atoms with Gasteiger partial charge in [-0.2, -0.15) is 0 Å². The first-order valence-corrected chi connectivity index (χ1v) is 7.87. The van der Waals surface area contributed by atoms with Gasteiger partial charge in [0.05, 0.1) is 0 Å². The van der Waals surface area contributed by atoms with Crippen LogP contribution in [0.15, 0.2) is 48.5 Å². The second kappa shape index (κ2) is 6.31. The molecule has 0 spiro atoms. The molecule has 0 aliphatic carbocycles. The Bertz CT molecular complexity index is 606. The van der Waals surface area contributed by atoms with Crippen LogP contribution in [-0.4, -0.2) is 13.1 Å². The van der Waals surface area contributed by atoms with Crippen LogP contribution in [0.4, 0.5) is 5.69 Å². The Hall–Kier alpha value is -1.80. The minimum Gasteiger partial charge on any atom is -0.371 e. The van der Waals surface area contributed by atoms with Gasteiger partial charge < -0.3 is 10.6 Å². The van der Waals surface area contributed by atoms with Gasteiger partial charge in [0.2, 0.25) is 0 Å². The van der Waals surface area contributed by atoms with Crippen molar-refractivity contribution in [1.29, 1.82) is 0 Å². The Morgan fingerprint density at radius 2 is 1.76 bits per heavy atom. The van der Waals surface area contributed by atoms with Crippen molar-refractivity contribution < 1.29 is 0 Å². The summed E-state index contributed by atoms with van der Waals surface area (Å²) in [4.78, 5) is 2.54. The molecule has 1 aliphatic rings. The van der Waals surface area contributed by atoms with Gasteiger partial charge in [-0.25, -0.2) is 0 Å². The average Bonchev–Trinajstić information content (AvgIpc) is 2.52. The van der Waals surface area contributed by atoms with E-state index < -0.39 is 0 Å². The first kappa shape index (κ1) is 14.2. The zero-order valence-corrected chi connectivity index (χ0v) is 12.8. The number of benzene rings is 2. The van der Waals surface area contributed by atoms with E-state index in [-0.39, 0.29) is 0 Å². The molecule has 2 nitrogen and oxygen atoms in total. The smallest absolute Gasteiger partial charge is 0.0399 e. The molecular weight excluding hydrogens is 256 g/mol. The minimum atomic E-state index is 0.628. The normalized spacial score (nSPS) is 17.6. The molecule has 2 aromatic rings. The summed E-state index contributed by atoms with van der Waals surface area (Å²) >= 11 is 0. The third kappa shape index (κ3) is 3.11. The zero-order valence-electron chi connectivity index (χ0n) is 12.8. The summed E-state index contributed by atoms with van der Waals surface area (Å²) in [6.45, 7) is 5.19. The highest BCUT2D eigenvalue weighted by atomic mass is 15.1. The van der Waals surface area contributed by atoms with E-state index in [0.717, 1.165) is 25.4 Å². The van der Waals surface area contributed by atoms with E-state index in [4.69, 9.17) is 5.73 Å². The molecule has 1 atom stereocenters. The van der Waals surface area contributed by atoms with Gasteiger partial charge in [0.15, 0.2) is 0 Å². The SMILES string of the molecule is CC1Cc2ccccc2N(CCc2ccccc2CN)C1. The van der Waals surface area contributed by atoms with E-state index in [1.807, 2.05) is 0 Å². The number of hydrogen-bond acceptors (Lipinski definition) is 2. The fourth-order valence-electron chi connectivity index (χ4n) is 3.37. The summed E-state index contributed by atoms with van der Waals surface area (Å²) in [5.74, 6) is 0.727. The van der Waals surface area contributed by atoms with Gasteiger partial charge in [-0.3, -0.25) is 0 Å². The van der Waals surface area contributed by atoms with Crippen molar-refractivity contribution in [3.63, 3.8) is 0 Å². The van der Waals surface area contributed by atoms with Crippen molar-refractivity contribution in [1.82, 2.24) is 0 Å². The fraction of sp³-hybridized carbons (Fsp3) is 0.368. The van der Waals surface area contributed by atoms with Crippen molar-refractivity contribution >= 4 is 5.69 Å². The molecule has 2 aromatic carbocycles. The second-order valence-corrected chi connectivity index (χ2v) is 6.11. The van der Waals surface area contributed by atoms with Crippen LogP contribution < -0.4 is 10.6 Å². The van der Waals surface area contributed by atoms with Gasteiger partial charge in [0.1, 0.15) is 0 Å². The van der Waals surface area contributed by atoms with Crippen molar-refractivity contribution in [2.24, 2.45) is 11.7 Å². The van der Waals surface area contributed by atoms with E-state index in [0.29, 0.717) is 6.54 Å². The molecular formula is C19H24N2. The van der Waals surface area contributed by atoms with Gasteiger partial charge in [-0.1, -0.05) is 49.4 Å². The number of para-hydroxylation sites is 1. The first-order chi connectivity index (χ1) is 10.3. The van der Waals surface area contributed by atoms with Gasteiger partial charge in [-0.15, -0.1) is 0 Å². The number of nitrogens with two attached hydrogens (primary N) is 1. The highest BCUT2D eigenvalue weighted by Crippen LogP contribution is 2.29. The maximum absolute atomic E-state index is 5.84. The minimum absolute atomic E-state index is 0.628. The zero-order chi connectivity index (χ0) is 14.7. The summed E-state index contributed by atoms with van der Waals surface area (Å²) in [5.41, 5.74) is 11.4. The lowest BCUT2D eigenvalue weighted by Gasteiger charge is -2.35. The number of nitrogens with zero attached hydrogens (tertiary/aromatic N) is 1. The summed E-state index contributed by atoms with van der Waals surface area (Å²) in [6, 6.07) is 17.4. The molecule has 1 unspecified atom stereocenters. The van der Waals surface area contributed by atoms with Crippen molar-refractivity contribution in [3.05, 3.63) is 65.2 Å². The van der Waals surface area contributed by atoms with Crippen LogP contribution >= 0.6 is 0 Å². The molecule has 1 aliphatic heterocycles. The van der Waals surface area contributed by atoms with Gasteiger partial charge in [0.25, 0.3) is 0 Å². The van der Waals surface area contributed by atoms with Gasteiger partial charge in [-0.05, 0) is 41.5 Å². The molecule has 0 aromatic heterocycles. The van der Waals surface area contributed by atoms with Crippen molar-refractivity contribution in [2.45, 2.75) is 26.3 Å². The molecule has 1 heterocycles. The maximum atomic E-state index is 5.84. The highest BCUT2D eigenvalue weighted by molar-refractivity contribution is 5.55. The predicted molar refractivity (Wildman–Crippen MR) is 89.6 cm³/mol. The van der Waals surface area contributed by atoms with Crippen LogP contribution in [0.2, 0.25) is 0 Å². The van der Waals surface area contributed by atoms with Crippen LogP contribution in [0.5, 0.6) is 0 Å². The average molecular weight is 280 g/mol. The predicted octanol–water partition coefficient (Wildman–Crippen LogP) is 3.39. The largest absolute Gasteiger partial charge is 0.371 e. The summed E-state index contributed by atoms with van der Waals surface area (Å²) in [5, 5.41) is 0. The molecule has 3 rings (SSSR count). The molecule has 0 saturated heterocycles. The second-order valence-electron chi connectivity index (χ2n) is 6.11. The molecule has 0 saturated carbocycles. The van der Waals surface area contributed by atoms with Crippen LogP contribution in [0.25, 0.3) is 0 Å². The molecule has 21 heavy (non-hydrogen) atoms. The van der Waals surface area contributed by atoms with Gasteiger partial charge >= 0.3 is 0 Å². The molecule has 110 valence electrons.